The lowest BCUT2D eigenvalue weighted by molar-refractivity contribution is 0.103. The largest absolute Gasteiger partial charge is 0.382 e. The van der Waals surface area contributed by atoms with E-state index < -0.39 is 0 Å². The molecule has 0 saturated heterocycles. The molecule has 0 aliphatic rings. The van der Waals surface area contributed by atoms with Gasteiger partial charge in [-0.2, -0.15) is 0 Å². The van der Waals surface area contributed by atoms with E-state index in [1.807, 2.05) is 36.4 Å². The second-order valence-corrected chi connectivity index (χ2v) is 8.85. The molecule has 0 aliphatic heterocycles. The number of hydrogen-bond donors (Lipinski definition) is 0. The average molecular weight is 434 g/mol. The summed E-state index contributed by atoms with van der Waals surface area (Å²) in [4.78, 5) is 13.3. The second kappa shape index (κ2) is 12.6. The summed E-state index contributed by atoms with van der Waals surface area (Å²) >= 11 is 0. The fourth-order valence-electron chi connectivity index (χ4n) is 4.78. The number of carbonyl (C=O) groups is 1. The van der Waals surface area contributed by atoms with Crippen molar-refractivity contribution in [3.63, 3.8) is 0 Å². The van der Waals surface area contributed by atoms with Crippen LogP contribution in [0.4, 0.5) is 0 Å². The van der Waals surface area contributed by atoms with Crippen LogP contribution in [0.15, 0.2) is 54.6 Å². The van der Waals surface area contributed by atoms with Crippen LogP contribution >= 0.6 is 0 Å². The van der Waals surface area contributed by atoms with Gasteiger partial charge in [-0.1, -0.05) is 87.1 Å². The Morgan fingerprint density at radius 2 is 1.50 bits per heavy atom. The first kappa shape index (κ1) is 24.3. The number of carbonyl (C=O) groups excluding carboxylic acids is 1. The third-order valence-corrected chi connectivity index (χ3v) is 6.47. The molecule has 2 aromatic carbocycles. The van der Waals surface area contributed by atoms with Crippen LogP contribution < -0.4 is 0 Å². The van der Waals surface area contributed by atoms with E-state index in [2.05, 4.69) is 43.5 Å². The molecule has 0 saturated carbocycles. The van der Waals surface area contributed by atoms with Gasteiger partial charge in [-0.3, -0.25) is 4.79 Å². The molecule has 3 nitrogen and oxygen atoms in total. The van der Waals surface area contributed by atoms with Gasteiger partial charge in [0.15, 0.2) is 5.78 Å². The fourth-order valence-corrected chi connectivity index (χ4v) is 4.78. The molecule has 1 atom stereocenters. The fraction of sp³-hybridized carbons (Fsp3) is 0.483. The Morgan fingerprint density at radius 1 is 0.875 bits per heavy atom. The zero-order chi connectivity index (χ0) is 22.8. The van der Waals surface area contributed by atoms with Crippen LogP contribution in [-0.4, -0.2) is 23.6 Å². The number of rotatable bonds is 14. The Kier molecular flexibility index (Phi) is 9.55. The van der Waals surface area contributed by atoms with Crippen molar-refractivity contribution in [2.24, 2.45) is 0 Å². The molecule has 0 fully saturated rings. The Hall–Kier alpha value is -2.39. The van der Waals surface area contributed by atoms with Crippen molar-refractivity contribution < 1.29 is 9.53 Å². The van der Waals surface area contributed by atoms with Crippen LogP contribution in [0, 0.1) is 6.92 Å². The number of aromatic nitrogens is 1. The van der Waals surface area contributed by atoms with Gasteiger partial charge >= 0.3 is 0 Å². The van der Waals surface area contributed by atoms with Gasteiger partial charge in [0, 0.05) is 41.4 Å². The lowest BCUT2D eigenvalue weighted by Gasteiger charge is -2.18. The second-order valence-electron chi connectivity index (χ2n) is 8.85. The average Bonchev–Trinajstić information content (AvgIpc) is 3.12. The predicted molar refractivity (Wildman–Crippen MR) is 135 cm³/mol. The third kappa shape index (κ3) is 6.10. The minimum absolute atomic E-state index is 0.120. The Labute approximate surface area is 193 Å². The number of unbranched alkanes of at least 4 members (excludes halogenated alkanes) is 6. The molecule has 1 heterocycles. The standard InChI is InChI=1S/C29H39NO2/c1-4-32-22-16-9-7-5-6-8-11-17-23(2)30-24(3)28(26-20-14-15-21-27(26)30)29(31)25-18-12-10-13-19-25/h10,12-15,18-21,23H,4-9,11,16-17,22H2,1-3H3. The van der Waals surface area contributed by atoms with Gasteiger partial charge in [-0.25, -0.2) is 0 Å². The van der Waals surface area contributed by atoms with E-state index in [1.165, 1.54) is 50.5 Å². The Morgan fingerprint density at radius 3 is 2.22 bits per heavy atom. The third-order valence-electron chi connectivity index (χ3n) is 6.47. The van der Waals surface area contributed by atoms with Crippen LogP contribution in [0.2, 0.25) is 0 Å². The maximum atomic E-state index is 13.3. The molecule has 3 heteroatoms. The Balaban J connectivity index is 1.60. The van der Waals surface area contributed by atoms with Gasteiger partial charge < -0.3 is 9.30 Å². The molecule has 0 aliphatic carbocycles. The Bertz CT molecular complexity index is 973. The van der Waals surface area contributed by atoms with Crippen molar-refractivity contribution in [1.29, 1.82) is 0 Å². The number of fused-ring (bicyclic) bond motifs is 1. The summed E-state index contributed by atoms with van der Waals surface area (Å²) < 4.78 is 7.79. The summed E-state index contributed by atoms with van der Waals surface area (Å²) in [5.74, 6) is 0.120. The van der Waals surface area contributed by atoms with Gasteiger partial charge in [0.05, 0.1) is 5.56 Å². The first-order chi connectivity index (χ1) is 15.6. The topological polar surface area (TPSA) is 31.2 Å². The number of benzene rings is 2. The van der Waals surface area contributed by atoms with Gasteiger partial charge in [-0.15, -0.1) is 0 Å². The molecule has 172 valence electrons. The summed E-state index contributed by atoms with van der Waals surface area (Å²) in [5.41, 5.74) is 3.87. The minimum atomic E-state index is 0.120. The smallest absolute Gasteiger partial charge is 0.195 e. The molecular weight excluding hydrogens is 394 g/mol. The van der Waals surface area contributed by atoms with E-state index in [-0.39, 0.29) is 5.78 Å². The lowest BCUT2D eigenvalue weighted by Crippen LogP contribution is -2.09. The minimum Gasteiger partial charge on any atom is -0.382 e. The summed E-state index contributed by atoms with van der Waals surface area (Å²) in [6.07, 6.45) is 10.1. The zero-order valence-electron chi connectivity index (χ0n) is 20.1. The molecule has 0 bridgehead atoms. The van der Waals surface area contributed by atoms with Crippen LogP contribution in [0.25, 0.3) is 10.9 Å². The molecule has 1 unspecified atom stereocenters. The normalized spacial score (nSPS) is 12.3. The summed E-state index contributed by atoms with van der Waals surface area (Å²) in [7, 11) is 0. The van der Waals surface area contributed by atoms with Gasteiger partial charge in [0.25, 0.3) is 0 Å². The van der Waals surface area contributed by atoms with E-state index in [4.69, 9.17) is 4.74 Å². The molecular formula is C29H39NO2. The van der Waals surface area contributed by atoms with Crippen molar-refractivity contribution in [3.05, 3.63) is 71.4 Å². The van der Waals surface area contributed by atoms with Crippen molar-refractivity contribution in [3.8, 4) is 0 Å². The number of ketones is 1. The molecule has 32 heavy (non-hydrogen) atoms. The van der Waals surface area contributed by atoms with Crippen LogP contribution in [0.5, 0.6) is 0 Å². The molecule has 0 spiro atoms. The van der Waals surface area contributed by atoms with Crippen LogP contribution in [0.1, 0.15) is 92.9 Å². The van der Waals surface area contributed by atoms with E-state index in [0.717, 1.165) is 41.8 Å². The highest BCUT2D eigenvalue weighted by Gasteiger charge is 2.22. The monoisotopic (exact) mass is 433 g/mol. The zero-order valence-corrected chi connectivity index (χ0v) is 20.1. The van der Waals surface area contributed by atoms with Crippen molar-refractivity contribution in [2.45, 2.75) is 78.2 Å². The molecule has 3 rings (SSSR count). The van der Waals surface area contributed by atoms with Gasteiger partial charge in [0.1, 0.15) is 0 Å². The quantitative estimate of drug-likeness (QED) is 0.191. The predicted octanol–water partition coefficient (Wildman–Crippen LogP) is 7.90. The number of para-hydroxylation sites is 1. The maximum Gasteiger partial charge on any atom is 0.195 e. The van der Waals surface area contributed by atoms with E-state index in [1.54, 1.807) is 0 Å². The molecule has 0 radical (unpaired) electrons. The highest BCUT2D eigenvalue weighted by Crippen LogP contribution is 2.32. The lowest BCUT2D eigenvalue weighted by atomic mass is 10.0. The van der Waals surface area contributed by atoms with Crippen molar-refractivity contribution in [1.82, 2.24) is 4.57 Å². The van der Waals surface area contributed by atoms with Crippen LogP contribution in [0.3, 0.4) is 0 Å². The van der Waals surface area contributed by atoms with Crippen LogP contribution in [-0.2, 0) is 4.74 Å². The first-order valence-corrected chi connectivity index (χ1v) is 12.4. The molecule has 3 aromatic rings. The van der Waals surface area contributed by atoms with E-state index in [0.29, 0.717) is 6.04 Å². The molecule has 0 N–H and O–H groups in total. The van der Waals surface area contributed by atoms with Gasteiger partial charge in [0.2, 0.25) is 0 Å². The summed E-state index contributed by atoms with van der Waals surface area (Å²) in [6, 6.07) is 18.4. The summed E-state index contributed by atoms with van der Waals surface area (Å²) in [5, 5.41) is 1.07. The van der Waals surface area contributed by atoms with E-state index >= 15 is 0 Å². The first-order valence-electron chi connectivity index (χ1n) is 12.4. The SMILES string of the molecule is CCOCCCCCCCCCC(C)n1c(C)c(C(=O)c2ccccc2)c2ccccc21. The maximum absolute atomic E-state index is 13.3. The molecule has 0 amide bonds. The number of ether oxygens (including phenoxy) is 1. The van der Waals surface area contributed by atoms with Gasteiger partial charge in [-0.05, 0) is 39.7 Å². The van der Waals surface area contributed by atoms with Crippen molar-refractivity contribution >= 4 is 16.7 Å². The number of nitrogens with zero attached hydrogens (tertiary/aromatic N) is 1. The van der Waals surface area contributed by atoms with Crippen molar-refractivity contribution in [2.75, 3.05) is 13.2 Å². The summed E-state index contributed by atoms with van der Waals surface area (Å²) in [6.45, 7) is 8.20. The highest BCUT2D eigenvalue weighted by molar-refractivity contribution is 6.17. The van der Waals surface area contributed by atoms with E-state index in [9.17, 15) is 4.79 Å². The molecule has 1 aromatic heterocycles. The highest BCUT2D eigenvalue weighted by atomic mass is 16.5. The number of hydrogen-bond acceptors (Lipinski definition) is 2.